The van der Waals surface area contributed by atoms with Gasteiger partial charge >= 0.3 is 12.0 Å². The van der Waals surface area contributed by atoms with Crippen LogP contribution in [0.15, 0.2) is 30.3 Å². The summed E-state index contributed by atoms with van der Waals surface area (Å²) in [4.78, 5) is 39.8. The van der Waals surface area contributed by atoms with Gasteiger partial charge in [-0.15, -0.1) is 11.3 Å². The molecule has 0 atom stereocenters. The Labute approximate surface area is 218 Å². The van der Waals surface area contributed by atoms with E-state index in [9.17, 15) is 19.5 Å². The minimum absolute atomic E-state index is 0.00275. The molecule has 36 heavy (non-hydrogen) atoms. The molecule has 1 saturated heterocycles. The number of unbranched alkanes of at least 4 members (excludes halogenated alkanes) is 5. The van der Waals surface area contributed by atoms with E-state index < -0.39 is 12.0 Å². The van der Waals surface area contributed by atoms with Gasteiger partial charge in [-0.2, -0.15) is 0 Å². The van der Waals surface area contributed by atoms with Crippen molar-refractivity contribution in [3.05, 3.63) is 51.9 Å². The maximum absolute atomic E-state index is 13.3. The molecule has 1 aromatic heterocycles. The summed E-state index contributed by atoms with van der Waals surface area (Å²) in [6.07, 6.45) is 9.58. The van der Waals surface area contributed by atoms with E-state index in [1.807, 2.05) is 23.1 Å². The first kappa shape index (κ1) is 27.7. The first-order valence-corrected chi connectivity index (χ1v) is 14.0. The number of anilines is 1. The predicted octanol–water partition coefficient (Wildman–Crippen LogP) is 6.33. The number of carboxylic acids is 1. The molecule has 1 aromatic carbocycles. The average molecular weight is 514 g/mol. The van der Waals surface area contributed by atoms with Gasteiger partial charge in [0, 0.05) is 19.6 Å². The molecule has 8 heteroatoms. The van der Waals surface area contributed by atoms with Gasteiger partial charge in [0.15, 0.2) is 0 Å². The Balaban J connectivity index is 1.55. The van der Waals surface area contributed by atoms with Gasteiger partial charge in [0.2, 0.25) is 0 Å². The van der Waals surface area contributed by atoms with Crippen LogP contribution in [0.4, 0.5) is 9.80 Å². The number of hydrogen-bond acceptors (Lipinski definition) is 4. The summed E-state index contributed by atoms with van der Waals surface area (Å²) < 4.78 is 0. The van der Waals surface area contributed by atoms with Crippen molar-refractivity contribution < 1.29 is 19.5 Å². The number of nitrogens with one attached hydrogen (secondary N) is 2. The number of hydrogen-bond donors (Lipinski definition) is 3. The molecule has 1 fully saturated rings. The van der Waals surface area contributed by atoms with Crippen molar-refractivity contribution in [2.45, 2.75) is 71.6 Å². The first-order chi connectivity index (χ1) is 17.4. The maximum atomic E-state index is 13.3. The molecule has 3 rings (SSSR count). The van der Waals surface area contributed by atoms with Crippen LogP contribution in [0, 0.1) is 12.8 Å². The largest absolute Gasteiger partial charge is 0.478 e. The van der Waals surface area contributed by atoms with Crippen LogP contribution < -0.4 is 10.6 Å². The number of carbonyl (C=O) groups excluding carboxylic acids is 2. The second kappa shape index (κ2) is 14.0. The number of urea groups is 1. The molecule has 0 spiro atoms. The summed E-state index contributed by atoms with van der Waals surface area (Å²) in [5.41, 5.74) is 1.72. The molecule has 3 N–H and O–H groups in total. The fourth-order valence-electron chi connectivity index (χ4n) is 4.75. The van der Waals surface area contributed by atoms with Gasteiger partial charge in [0.1, 0.15) is 5.00 Å². The topological polar surface area (TPSA) is 98.7 Å². The number of carboxylic acid groups (broad SMARTS) is 1. The molecular weight excluding hydrogens is 474 g/mol. The van der Waals surface area contributed by atoms with E-state index in [0.717, 1.165) is 49.9 Å². The van der Waals surface area contributed by atoms with Gasteiger partial charge in [0.25, 0.3) is 5.91 Å². The predicted molar refractivity (Wildman–Crippen MR) is 145 cm³/mol. The fraction of sp³-hybridized carbons (Fsp3) is 0.536. The molecule has 0 bridgehead atoms. The smallest absolute Gasteiger partial charge is 0.339 e. The van der Waals surface area contributed by atoms with E-state index in [4.69, 9.17) is 0 Å². The second-order valence-electron chi connectivity index (χ2n) is 9.64. The number of benzene rings is 1. The average Bonchev–Trinajstić information content (AvgIpc) is 3.19. The molecule has 2 heterocycles. The lowest BCUT2D eigenvalue weighted by molar-refractivity contribution is 0.0694. The number of rotatable bonds is 12. The normalized spacial score (nSPS) is 14.0. The number of nitrogens with zero attached hydrogens (tertiary/aromatic N) is 1. The van der Waals surface area contributed by atoms with E-state index in [1.54, 1.807) is 6.92 Å². The molecule has 0 aliphatic carbocycles. The highest BCUT2D eigenvalue weighted by Crippen LogP contribution is 2.35. The summed E-state index contributed by atoms with van der Waals surface area (Å²) in [7, 11) is 0. The van der Waals surface area contributed by atoms with Gasteiger partial charge in [0.05, 0.1) is 10.4 Å². The molecule has 0 radical (unpaired) electrons. The number of carbonyl (C=O) groups is 3. The summed E-state index contributed by atoms with van der Waals surface area (Å²) >= 11 is 1.06. The van der Waals surface area contributed by atoms with Crippen LogP contribution in [0.1, 0.15) is 89.4 Å². The lowest BCUT2D eigenvalue weighted by atomic mass is 9.90. The van der Waals surface area contributed by atoms with Crippen molar-refractivity contribution in [3.63, 3.8) is 0 Å². The second-order valence-corrected chi connectivity index (χ2v) is 10.7. The molecule has 2 aromatic rings. The van der Waals surface area contributed by atoms with Crippen molar-refractivity contribution in [1.29, 1.82) is 0 Å². The zero-order valence-electron chi connectivity index (χ0n) is 21.5. The van der Waals surface area contributed by atoms with Crippen molar-refractivity contribution in [2.75, 3.05) is 25.0 Å². The van der Waals surface area contributed by atoms with E-state index in [1.165, 1.54) is 24.8 Å². The van der Waals surface area contributed by atoms with Crippen molar-refractivity contribution in [2.24, 2.45) is 5.92 Å². The summed E-state index contributed by atoms with van der Waals surface area (Å²) in [5, 5.41) is 15.5. The van der Waals surface area contributed by atoms with E-state index in [0.29, 0.717) is 36.0 Å². The number of thiophene rings is 1. The maximum Gasteiger partial charge on any atom is 0.339 e. The van der Waals surface area contributed by atoms with E-state index >= 15 is 0 Å². The molecule has 0 unspecified atom stereocenters. The van der Waals surface area contributed by atoms with Gasteiger partial charge in [-0.25, -0.2) is 9.59 Å². The summed E-state index contributed by atoms with van der Waals surface area (Å²) in [5.74, 6) is -0.766. The number of likely N-dealkylation sites (tertiary alicyclic amines) is 1. The Bertz CT molecular complexity index is 1010. The molecular formula is C28H39N3O4S. The minimum Gasteiger partial charge on any atom is -0.478 e. The van der Waals surface area contributed by atoms with Gasteiger partial charge in [-0.05, 0) is 49.7 Å². The quantitative estimate of drug-likeness (QED) is 0.289. The van der Waals surface area contributed by atoms with E-state index in [2.05, 4.69) is 29.7 Å². The highest BCUT2D eigenvalue weighted by molar-refractivity contribution is 7.18. The van der Waals surface area contributed by atoms with Crippen LogP contribution in [-0.2, 0) is 6.42 Å². The zero-order valence-corrected chi connectivity index (χ0v) is 22.3. The highest BCUT2D eigenvalue weighted by atomic mass is 32.1. The fourth-order valence-corrected chi connectivity index (χ4v) is 5.91. The Hall–Kier alpha value is -2.87. The third kappa shape index (κ3) is 7.82. The monoisotopic (exact) mass is 513 g/mol. The summed E-state index contributed by atoms with van der Waals surface area (Å²) in [6.45, 7) is 5.66. The number of aromatic carboxylic acids is 1. The van der Waals surface area contributed by atoms with Crippen molar-refractivity contribution in [3.8, 4) is 0 Å². The van der Waals surface area contributed by atoms with Gasteiger partial charge in [-0.1, -0.05) is 69.4 Å². The van der Waals surface area contributed by atoms with Crippen LogP contribution >= 0.6 is 11.3 Å². The van der Waals surface area contributed by atoms with Gasteiger partial charge < -0.3 is 15.3 Å². The van der Waals surface area contributed by atoms with Crippen LogP contribution in [-0.4, -0.2) is 47.5 Å². The van der Waals surface area contributed by atoms with Crippen LogP contribution in [0.3, 0.4) is 0 Å². The minimum atomic E-state index is -1.14. The Morgan fingerprint density at radius 3 is 2.36 bits per heavy atom. The number of amides is 3. The van der Waals surface area contributed by atoms with Crippen LogP contribution in [0.25, 0.3) is 0 Å². The molecule has 1 aliphatic rings. The molecule has 7 nitrogen and oxygen atoms in total. The van der Waals surface area contributed by atoms with Crippen molar-refractivity contribution in [1.82, 2.24) is 10.2 Å². The third-order valence-corrected chi connectivity index (χ3v) is 8.06. The first-order valence-electron chi connectivity index (χ1n) is 13.1. The lowest BCUT2D eigenvalue weighted by Gasteiger charge is -2.32. The van der Waals surface area contributed by atoms with Crippen LogP contribution in [0.5, 0.6) is 0 Å². The van der Waals surface area contributed by atoms with Crippen LogP contribution in [0.2, 0.25) is 0 Å². The molecule has 0 saturated carbocycles. The standard InChI is InChI=1S/C28H39N3O4S/c1-3-4-5-6-7-11-16-29-28(35)30-25-23(27(33)34)20(2)24(36-25)26(32)31-17-14-22(15-18-31)19-21-12-9-8-10-13-21/h8-10,12-13,22H,3-7,11,14-19H2,1-2H3,(H,33,34)(H2,29,30,35). The Kier molecular flexibility index (Phi) is 10.8. The Morgan fingerprint density at radius 2 is 1.69 bits per heavy atom. The van der Waals surface area contributed by atoms with Crippen molar-refractivity contribution >= 4 is 34.2 Å². The van der Waals surface area contributed by atoms with E-state index in [-0.39, 0.29) is 16.5 Å². The third-order valence-electron chi connectivity index (χ3n) is 6.87. The van der Waals surface area contributed by atoms with Gasteiger partial charge in [-0.3, -0.25) is 10.1 Å². The SMILES string of the molecule is CCCCCCCCNC(=O)Nc1sc(C(=O)N2CCC(Cc3ccccc3)CC2)c(C)c1C(=O)O. The Morgan fingerprint density at radius 1 is 1.03 bits per heavy atom. The number of piperidine rings is 1. The highest BCUT2D eigenvalue weighted by Gasteiger charge is 2.30. The molecule has 1 aliphatic heterocycles. The molecule has 196 valence electrons. The zero-order chi connectivity index (χ0) is 25.9. The molecule has 3 amide bonds. The summed E-state index contributed by atoms with van der Waals surface area (Å²) in [6, 6.07) is 9.95. The lowest BCUT2D eigenvalue weighted by Crippen LogP contribution is -2.38.